The van der Waals surface area contributed by atoms with E-state index in [2.05, 4.69) is 5.32 Å². The van der Waals surface area contributed by atoms with Crippen LogP contribution in [-0.2, 0) is 16.1 Å². The lowest BCUT2D eigenvalue weighted by molar-refractivity contribution is -0.118. The van der Waals surface area contributed by atoms with Crippen LogP contribution in [0.25, 0.3) is 0 Å². The molecule has 0 heterocycles. The van der Waals surface area contributed by atoms with Crippen LogP contribution in [-0.4, -0.2) is 18.1 Å². The van der Waals surface area contributed by atoms with Crippen LogP contribution in [0.1, 0.15) is 57.9 Å². The molecule has 0 aromatic heterocycles. The number of anilines is 1. The Morgan fingerprint density at radius 3 is 2.78 bits per heavy atom. The predicted octanol–water partition coefficient (Wildman–Crippen LogP) is 3.85. The Morgan fingerprint density at radius 2 is 2.09 bits per heavy atom. The van der Waals surface area contributed by atoms with Crippen molar-refractivity contribution < 1.29 is 9.53 Å². The first kappa shape index (κ1) is 18.0. The van der Waals surface area contributed by atoms with Crippen LogP contribution >= 0.6 is 0 Å². The molecule has 1 fully saturated rings. The van der Waals surface area contributed by atoms with Gasteiger partial charge in [-0.15, -0.1) is 0 Å². The lowest BCUT2D eigenvalue weighted by atomic mass is 9.98. The SMILES string of the molecule is CCC(C)C(N)C(=O)Nc1cccc(COC2CCCCC2)c1. The third-order valence-electron chi connectivity index (χ3n) is 4.79. The summed E-state index contributed by atoms with van der Waals surface area (Å²) in [5.74, 6) is 0.0533. The second kappa shape index (κ2) is 9.04. The average molecular weight is 318 g/mol. The van der Waals surface area contributed by atoms with E-state index in [0.29, 0.717) is 12.7 Å². The summed E-state index contributed by atoms with van der Waals surface area (Å²) in [7, 11) is 0. The van der Waals surface area contributed by atoms with Gasteiger partial charge in [-0.25, -0.2) is 0 Å². The topological polar surface area (TPSA) is 64.4 Å². The van der Waals surface area contributed by atoms with Crippen molar-refractivity contribution in [3.63, 3.8) is 0 Å². The highest BCUT2D eigenvalue weighted by Gasteiger charge is 2.19. The molecule has 2 atom stereocenters. The summed E-state index contributed by atoms with van der Waals surface area (Å²) < 4.78 is 5.99. The first-order chi connectivity index (χ1) is 11.1. The first-order valence-electron chi connectivity index (χ1n) is 8.87. The molecule has 1 saturated carbocycles. The van der Waals surface area contributed by atoms with Gasteiger partial charge in [0.05, 0.1) is 18.8 Å². The molecule has 23 heavy (non-hydrogen) atoms. The summed E-state index contributed by atoms with van der Waals surface area (Å²) in [6.45, 7) is 4.64. The Balaban J connectivity index is 1.87. The van der Waals surface area contributed by atoms with Crippen LogP contribution in [0.3, 0.4) is 0 Å². The predicted molar refractivity (Wildman–Crippen MR) is 94.2 cm³/mol. The third-order valence-corrected chi connectivity index (χ3v) is 4.79. The number of rotatable bonds is 7. The molecule has 1 aliphatic rings. The molecule has 2 rings (SSSR count). The Morgan fingerprint density at radius 1 is 1.35 bits per heavy atom. The highest BCUT2D eigenvalue weighted by atomic mass is 16.5. The van der Waals surface area contributed by atoms with Crippen molar-refractivity contribution in [1.29, 1.82) is 0 Å². The van der Waals surface area contributed by atoms with Crippen molar-refractivity contribution >= 4 is 11.6 Å². The molecule has 2 unspecified atom stereocenters. The van der Waals surface area contributed by atoms with E-state index in [9.17, 15) is 4.79 Å². The molecule has 0 aliphatic heterocycles. The summed E-state index contributed by atoms with van der Waals surface area (Å²) >= 11 is 0. The number of carbonyl (C=O) groups is 1. The summed E-state index contributed by atoms with van der Waals surface area (Å²) in [6.07, 6.45) is 7.49. The van der Waals surface area contributed by atoms with Crippen LogP contribution in [0, 0.1) is 5.92 Å². The molecule has 1 aromatic rings. The molecule has 1 aromatic carbocycles. The van der Waals surface area contributed by atoms with Crippen molar-refractivity contribution in [2.24, 2.45) is 11.7 Å². The maximum Gasteiger partial charge on any atom is 0.241 e. The number of nitrogens with one attached hydrogen (secondary N) is 1. The summed E-state index contributed by atoms with van der Waals surface area (Å²) in [4.78, 5) is 12.2. The van der Waals surface area contributed by atoms with Gasteiger partial charge in [0.25, 0.3) is 0 Å². The lowest BCUT2D eigenvalue weighted by Gasteiger charge is -2.22. The van der Waals surface area contributed by atoms with Gasteiger partial charge in [-0.1, -0.05) is 51.7 Å². The van der Waals surface area contributed by atoms with Gasteiger partial charge in [-0.2, -0.15) is 0 Å². The fourth-order valence-electron chi connectivity index (χ4n) is 2.92. The van der Waals surface area contributed by atoms with Crippen LogP contribution in [0.15, 0.2) is 24.3 Å². The molecule has 0 spiro atoms. The van der Waals surface area contributed by atoms with Crippen LogP contribution in [0.2, 0.25) is 0 Å². The van der Waals surface area contributed by atoms with Crippen molar-refractivity contribution in [1.82, 2.24) is 0 Å². The van der Waals surface area contributed by atoms with Crippen LogP contribution < -0.4 is 11.1 Å². The molecule has 1 aliphatic carbocycles. The van der Waals surface area contributed by atoms with E-state index >= 15 is 0 Å². The number of carbonyl (C=O) groups excluding carboxylic acids is 1. The van der Waals surface area contributed by atoms with E-state index in [1.54, 1.807) is 0 Å². The number of amides is 1. The maximum atomic E-state index is 12.2. The van der Waals surface area contributed by atoms with Crippen molar-refractivity contribution in [2.45, 2.75) is 71.1 Å². The molecule has 0 bridgehead atoms. The molecule has 0 saturated heterocycles. The van der Waals surface area contributed by atoms with Crippen molar-refractivity contribution in [3.05, 3.63) is 29.8 Å². The second-order valence-electron chi connectivity index (χ2n) is 6.67. The van der Waals surface area contributed by atoms with E-state index in [1.165, 1.54) is 32.1 Å². The minimum atomic E-state index is -0.470. The molecule has 4 heteroatoms. The van der Waals surface area contributed by atoms with Gasteiger partial charge in [0.15, 0.2) is 0 Å². The second-order valence-corrected chi connectivity index (χ2v) is 6.67. The van der Waals surface area contributed by atoms with E-state index in [1.807, 2.05) is 38.1 Å². The van der Waals surface area contributed by atoms with E-state index in [0.717, 1.165) is 17.7 Å². The largest absolute Gasteiger partial charge is 0.374 e. The van der Waals surface area contributed by atoms with E-state index < -0.39 is 6.04 Å². The average Bonchev–Trinajstić information content (AvgIpc) is 2.59. The lowest BCUT2D eigenvalue weighted by Crippen LogP contribution is -2.40. The zero-order valence-corrected chi connectivity index (χ0v) is 14.4. The summed E-state index contributed by atoms with van der Waals surface area (Å²) in [5.41, 5.74) is 7.86. The zero-order valence-electron chi connectivity index (χ0n) is 14.4. The quantitative estimate of drug-likeness (QED) is 0.802. The van der Waals surface area contributed by atoms with Gasteiger partial charge in [0.1, 0.15) is 0 Å². The molecule has 1 amide bonds. The maximum absolute atomic E-state index is 12.2. The normalized spacial score (nSPS) is 18.4. The van der Waals surface area contributed by atoms with Crippen LogP contribution in [0.5, 0.6) is 0 Å². The highest BCUT2D eigenvalue weighted by molar-refractivity contribution is 5.94. The molecule has 3 N–H and O–H groups in total. The number of nitrogens with two attached hydrogens (primary N) is 1. The minimum absolute atomic E-state index is 0.121. The van der Waals surface area contributed by atoms with Crippen LogP contribution in [0.4, 0.5) is 5.69 Å². The van der Waals surface area contributed by atoms with Gasteiger partial charge in [0, 0.05) is 5.69 Å². The smallest absolute Gasteiger partial charge is 0.241 e. The molecular formula is C19H30N2O2. The number of ether oxygens (including phenoxy) is 1. The van der Waals surface area contributed by atoms with Gasteiger partial charge in [0.2, 0.25) is 5.91 Å². The van der Waals surface area contributed by atoms with E-state index in [4.69, 9.17) is 10.5 Å². The van der Waals surface area contributed by atoms with Crippen molar-refractivity contribution in [3.8, 4) is 0 Å². The minimum Gasteiger partial charge on any atom is -0.374 e. The number of benzene rings is 1. The first-order valence-corrected chi connectivity index (χ1v) is 8.87. The van der Waals surface area contributed by atoms with Gasteiger partial charge in [-0.3, -0.25) is 4.79 Å². The molecular weight excluding hydrogens is 288 g/mol. The Hall–Kier alpha value is -1.39. The van der Waals surface area contributed by atoms with Gasteiger partial charge < -0.3 is 15.8 Å². The Labute approximate surface area is 139 Å². The van der Waals surface area contributed by atoms with Crippen molar-refractivity contribution in [2.75, 3.05) is 5.32 Å². The Kier molecular flexibility index (Phi) is 7.06. The van der Waals surface area contributed by atoms with E-state index in [-0.39, 0.29) is 11.8 Å². The molecule has 0 radical (unpaired) electrons. The monoisotopic (exact) mass is 318 g/mol. The highest BCUT2D eigenvalue weighted by Crippen LogP contribution is 2.22. The molecule has 4 nitrogen and oxygen atoms in total. The zero-order chi connectivity index (χ0) is 16.7. The molecule has 128 valence electrons. The number of hydrogen-bond donors (Lipinski definition) is 2. The Bertz CT molecular complexity index is 498. The third kappa shape index (κ3) is 5.63. The standard InChI is InChI=1S/C19H30N2O2/c1-3-14(2)18(20)19(22)21-16-9-7-8-15(12-16)13-23-17-10-5-4-6-11-17/h7-9,12,14,17-18H,3-6,10-11,13,20H2,1-2H3,(H,21,22). The fourth-order valence-corrected chi connectivity index (χ4v) is 2.92. The van der Waals surface area contributed by atoms with Gasteiger partial charge >= 0.3 is 0 Å². The van der Waals surface area contributed by atoms with Gasteiger partial charge in [-0.05, 0) is 36.5 Å². The number of hydrogen-bond acceptors (Lipinski definition) is 3. The summed E-state index contributed by atoms with van der Waals surface area (Å²) in [5, 5.41) is 2.92. The fraction of sp³-hybridized carbons (Fsp3) is 0.632. The summed E-state index contributed by atoms with van der Waals surface area (Å²) in [6, 6.07) is 7.38.